The van der Waals surface area contributed by atoms with Gasteiger partial charge in [0.15, 0.2) is 8.32 Å². The van der Waals surface area contributed by atoms with Crippen LogP contribution in [0.3, 0.4) is 0 Å². The van der Waals surface area contributed by atoms with Crippen LogP contribution < -0.4 is 0 Å². The van der Waals surface area contributed by atoms with Gasteiger partial charge in [0.05, 0.1) is 5.41 Å². The molecule has 1 unspecified atom stereocenters. The number of aromatic nitrogens is 4. The average Bonchev–Trinajstić information content (AvgIpc) is 3.57. The summed E-state index contributed by atoms with van der Waals surface area (Å²) in [5.74, 6) is 2.78. The van der Waals surface area contributed by atoms with Gasteiger partial charge in [-0.05, 0) is 55.6 Å². The highest BCUT2D eigenvalue weighted by Crippen LogP contribution is 2.54. The quantitative estimate of drug-likeness (QED) is 0.339. The fraction of sp³-hybridized carbons (Fsp3) is 0.536. The minimum absolute atomic E-state index is 0.0394. The molecule has 1 saturated carbocycles. The van der Waals surface area contributed by atoms with Gasteiger partial charge >= 0.3 is 0 Å². The van der Waals surface area contributed by atoms with E-state index < -0.39 is 8.32 Å². The lowest BCUT2D eigenvalue weighted by molar-refractivity contribution is 0.252. The van der Waals surface area contributed by atoms with E-state index in [2.05, 4.69) is 61.5 Å². The SMILES string of the molecule is CC1(CO[Si](C)(C)C(C)(C)C)Cc2nnc(C3(c4ccc(-c5cccnc5)c(F)c4)CC3)n2CCS1. The van der Waals surface area contributed by atoms with Crippen LogP contribution in [0.5, 0.6) is 0 Å². The van der Waals surface area contributed by atoms with Crippen LogP contribution in [0.1, 0.15) is 57.7 Å². The summed E-state index contributed by atoms with van der Waals surface area (Å²) in [4.78, 5) is 4.14. The lowest BCUT2D eigenvalue weighted by atomic mass is 9.92. The number of pyridine rings is 1. The van der Waals surface area contributed by atoms with Crippen molar-refractivity contribution in [3.63, 3.8) is 0 Å². The van der Waals surface area contributed by atoms with Crippen molar-refractivity contribution >= 4 is 20.1 Å². The number of nitrogens with zero attached hydrogens (tertiary/aromatic N) is 4. The van der Waals surface area contributed by atoms with Crippen LogP contribution in [0, 0.1) is 5.82 Å². The zero-order valence-corrected chi connectivity index (χ0v) is 24.1. The number of benzene rings is 1. The molecule has 1 aliphatic carbocycles. The molecule has 3 heterocycles. The Bertz CT molecular complexity index is 1250. The van der Waals surface area contributed by atoms with Crippen molar-refractivity contribution in [2.24, 2.45) is 0 Å². The van der Waals surface area contributed by atoms with Gasteiger partial charge in [-0.25, -0.2) is 4.39 Å². The molecule has 192 valence electrons. The number of halogens is 1. The summed E-state index contributed by atoms with van der Waals surface area (Å²) in [6.07, 6.45) is 6.16. The predicted molar refractivity (Wildman–Crippen MR) is 147 cm³/mol. The van der Waals surface area contributed by atoms with Crippen molar-refractivity contribution in [3.8, 4) is 11.1 Å². The molecule has 1 aromatic carbocycles. The Hall–Kier alpha value is -2.03. The van der Waals surface area contributed by atoms with E-state index in [1.54, 1.807) is 18.5 Å². The van der Waals surface area contributed by atoms with Crippen LogP contribution in [-0.4, -0.2) is 45.2 Å². The van der Waals surface area contributed by atoms with Gasteiger partial charge in [0, 0.05) is 53.6 Å². The van der Waals surface area contributed by atoms with Gasteiger partial charge in [0.1, 0.15) is 17.5 Å². The highest BCUT2D eigenvalue weighted by molar-refractivity contribution is 8.00. The third kappa shape index (κ3) is 4.68. The highest BCUT2D eigenvalue weighted by Gasteiger charge is 2.51. The van der Waals surface area contributed by atoms with Crippen LogP contribution in [0.4, 0.5) is 4.39 Å². The molecule has 0 radical (unpaired) electrons. The molecule has 1 fully saturated rings. The standard InChI is InChI=1S/C28H37FN4OSSi/c1-26(2,3)36(5,6)34-19-27(4)17-24-31-32-25(33(24)14-15-35-27)28(11-12-28)21-9-10-22(23(29)16-21)20-8-7-13-30-18-20/h7-10,13,16,18H,11-12,14-15,17,19H2,1-6H3. The topological polar surface area (TPSA) is 52.8 Å². The normalized spacial score (nSPS) is 21.6. The smallest absolute Gasteiger partial charge is 0.192 e. The van der Waals surface area contributed by atoms with Gasteiger partial charge in [-0.3, -0.25) is 4.98 Å². The maximum atomic E-state index is 15.2. The summed E-state index contributed by atoms with van der Waals surface area (Å²) in [7, 11) is -1.83. The van der Waals surface area contributed by atoms with E-state index in [1.165, 1.54) is 0 Å². The van der Waals surface area contributed by atoms with Crippen molar-refractivity contribution in [1.29, 1.82) is 0 Å². The first-order valence-electron chi connectivity index (χ1n) is 12.9. The molecular formula is C28H37FN4OSSi. The maximum Gasteiger partial charge on any atom is 0.192 e. The minimum atomic E-state index is -1.83. The molecule has 3 aromatic rings. The summed E-state index contributed by atoms with van der Waals surface area (Å²) in [5.41, 5.74) is 2.11. The molecule has 2 aromatic heterocycles. The molecule has 0 N–H and O–H groups in total. The van der Waals surface area contributed by atoms with E-state index in [4.69, 9.17) is 9.52 Å². The molecule has 0 bridgehead atoms. The second kappa shape index (κ2) is 9.06. The van der Waals surface area contributed by atoms with E-state index in [0.29, 0.717) is 5.56 Å². The monoisotopic (exact) mass is 524 g/mol. The first-order valence-corrected chi connectivity index (χ1v) is 16.7. The van der Waals surface area contributed by atoms with Crippen LogP contribution in [0.2, 0.25) is 18.1 Å². The second-order valence-corrected chi connectivity index (χ2v) is 18.6. The molecule has 2 aliphatic rings. The fourth-order valence-corrected chi connectivity index (χ4v) is 7.16. The van der Waals surface area contributed by atoms with Crippen LogP contribution in [-0.2, 0) is 22.8 Å². The van der Waals surface area contributed by atoms with Gasteiger partial charge in [0.2, 0.25) is 0 Å². The van der Waals surface area contributed by atoms with Crippen LogP contribution in [0.15, 0.2) is 42.7 Å². The van der Waals surface area contributed by atoms with Crippen molar-refractivity contribution in [2.45, 2.75) is 81.8 Å². The van der Waals surface area contributed by atoms with Crippen LogP contribution in [0.25, 0.3) is 11.1 Å². The number of rotatable bonds is 6. The Labute approximate surface area is 219 Å². The third-order valence-electron chi connectivity index (χ3n) is 8.34. The van der Waals surface area contributed by atoms with E-state index >= 15 is 4.39 Å². The number of hydrogen-bond donors (Lipinski definition) is 0. The zero-order chi connectivity index (χ0) is 25.8. The number of thioether (sulfide) groups is 1. The van der Waals surface area contributed by atoms with E-state index in [-0.39, 0.29) is 21.0 Å². The predicted octanol–water partition coefficient (Wildman–Crippen LogP) is 6.63. The maximum absolute atomic E-state index is 15.2. The minimum Gasteiger partial charge on any atom is -0.415 e. The fourth-order valence-electron chi connectivity index (χ4n) is 4.80. The number of fused-ring (bicyclic) bond motifs is 1. The Morgan fingerprint density at radius 3 is 2.58 bits per heavy atom. The average molecular weight is 525 g/mol. The van der Waals surface area contributed by atoms with Crippen molar-refractivity contribution in [2.75, 3.05) is 12.4 Å². The van der Waals surface area contributed by atoms with Gasteiger partial charge < -0.3 is 8.99 Å². The third-order valence-corrected chi connectivity index (χ3v) is 14.2. The first-order chi connectivity index (χ1) is 16.9. The Morgan fingerprint density at radius 1 is 1.17 bits per heavy atom. The van der Waals surface area contributed by atoms with Gasteiger partial charge in [-0.15, -0.1) is 10.2 Å². The molecule has 1 atom stereocenters. The van der Waals surface area contributed by atoms with E-state index in [0.717, 1.165) is 60.9 Å². The molecule has 36 heavy (non-hydrogen) atoms. The highest BCUT2D eigenvalue weighted by atomic mass is 32.2. The van der Waals surface area contributed by atoms with E-state index in [9.17, 15) is 0 Å². The summed E-state index contributed by atoms with van der Waals surface area (Å²) < 4.78 is 24.1. The molecular weight excluding hydrogens is 487 g/mol. The Balaban J connectivity index is 1.39. The lowest BCUT2D eigenvalue weighted by Gasteiger charge is -2.39. The van der Waals surface area contributed by atoms with Crippen molar-refractivity contribution in [3.05, 3.63) is 65.8 Å². The van der Waals surface area contributed by atoms with Gasteiger partial charge in [-0.1, -0.05) is 39.0 Å². The Kier molecular flexibility index (Phi) is 6.45. The lowest BCUT2D eigenvalue weighted by Crippen LogP contribution is -2.45. The van der Waals surface area contributed by atoms with E-state index in [1.807, 2.05) is 30.0 Å². The van der Waals surface area contributed by atoms with Crippen molar-refractivity contribution < 1.29 is 8.82 Å². The van der Waals surface area contributed by atoms with Gasteiger partial charge in [-0.2, -0.15) is 11.8 Å². The summed E-state index contributed by atoms with van der Waals surface area (Å²) in [6.45, 7) is 15.4. The summed E-state index contributed by atoms with van der Waals surface area (Å²) >= 11 is 1.98. The van der Waals surface area contributed by atoms with Crippen molar-refractivity contribution in [1.82, 2.24) is 19.7 Å². The first kappa shape index (κ1) is 25.6. The van der Waals surface area contributed by atoms with Crippen LogP contribution >= 0.6 is 11.8 Å². The molecule has 8 heteroatoms. The molecule has 0 amide bonds. The molecule has 0 spiro atoms. The summed E-state index contributed by atoms with van der Waals surface area (Å²) in [6, 6.07) is 9.36. The second-order valence-electron chi connectivity index (χ2n) is 12.1. The summed E-state index contributed by atoms with van der Waals surface area (Å²) in [5, 5.41) is 9.58. The van der Waals surface area contributed by atoms with Gasteiger partial charge in [0.25, 0.3) is 0 Å². The Morgan fingerprint density at radius 2 is 1.94 bits per heavy atom. The molecule has 0 saturated heterocycles. The zero-order valence-electron chi connectivity index (χ0n) is 22.3. The largest absolute Gasteiger partial charge is 0.415 e. The number of hydrogen-bond acceptors (Lipinski definition) is 5. The molecule has 1 aliphatic heterocycles. The molecule has 5 nitrogen and oxygen atoms in total. The molecule has 5 rings (SSSR count).